The van der Waals surface area contributed by atoms with Crippen molar-refractivity contribution in [1.82, 2.24) is 4.57 Å². The fraction of sp³-hybridized carbons (Fsp3) is 0.214. The number of nitrogens with zero attached hydrogens (tertiary/aromatic N) is 2. The van der Waals surface area contributed by atoms with Crippen molar-refractivity contribution in [3.63, 3.8) is 0 Å². The van der Waals surface area contributed by atoms with Crippen LogP contribution in [0.3, 0.4) is 0 Å². The maximum atomic E-state index is 8.98. The van der Waals surface area contributed by atoms with Crippen molar-refractivity contribution in [2.24, 2.45) is 0 Å². The molecule has 1 aromatic heterocycles. The van der Waals surface area contributed by atoms with Crippen LogP contribution in [0.15, 0.2) is 48.8 Å². The van der Waals surface area contributed by atoms with Gasteiger partial charge < -0.3 is 4.57 Å². The summed E-state index contributed by atoms with van der Waals surface area (Å²) in [6, 6.07) is 14.5. The highest BCUT2D eigenvalue weighted by molar-refractivity contribution is 5.37. The number of nitriles is 1. The van der Waals surface area contributed by atoms with Crippen LogP contribution in [0.4, 0.5) is 0 Å². The molecule has 2 nitrogen and oxygen atoms in total. The lowest BCUT2D eigenvalue weighted by molar-refractivity contribution is 0.817. The lowest BCUT2D eigenvalue weighted by atomic mass is 9.98. The smallest absolute Gasteiger partial charge is 0.0710 e. The van der Waals surface area contributed by atoms with E-state index in [0.29, 0.717) is 0 Å². The van der Waals surface area contributed by atoms with Crippen molar-refractivity contribution in [3.05, 3.63) is 54.4 Å². The molecule has 0 saturated heterocycles. The van der Waals surface area contributed by atoms with E-state index in [1.165, 1.54) is 0 Å². The molecule has 2 rings (SSSR count). The fourth-order valence-electron chi connectivity index (χ4n) is 1.79. The van der Waals surface area contributed by atoms with Crippen molar-refractivity contribution in [3.8, 4) is 11.8 Å². The zero-order chi connectivity index (χ0) is 11.4. The van der Waals surface area contributed by atoms with Gasteiger partial charge in [0, 0.05) is 18.1 Å². The normalized spacial score (nSPS) is 12.0. The first-order valence-electron chi connectivity index (χ1n) is 5.48. The Hall–Kier alpha value is -2.01. The lowest BCUT2D eigenvalue weighted by Crippen LogP contribution is -1.95. The number of aromatic nitrogens is 1. The quantitative estimate of drug-likeness (QED) is 0.762. The van der Waals surface area contributed by atoms with Gasteiger partial charge in [-0.15, -0.1) is 0 Å². The number of hydrogen-bond acceptors (Lipinski definition) is 1. The van der Waals surface area contributed by atoms with E-state index in [-0.39, 0.29) is 5.92 Å². The van der Waals surface area contributed by atoms with E-state index >= 15 is 0 Å². The van der Waals surface area contributed by atoms with Crippen LogP contribution in [0, 0.1) is 11.3 Å². The monoisotopic (exact) mass is 210 g/mol. The van der Waals surface area contributed by atoms with Gasteiger partial charge >= 0.3 is 0 Å². The minimum Gasteiger partial charge on any atom is -0.324 e. The summed E-state index contributed by atoms with van der Waals surface area (Å²) >= 11 is 0. The Labute approximate surface area is 95.8 Å². The molecule has 1 heterocycles. The molecule has 0 N–H and O–H groups in total. The molecule has 16 heavy (non-hydrogen) atoms. The van der Waals surface area contributed by atoms with E-state index in [4.69, 9.17) is 5.26 Å². The zero-order valence-corrected chi connectivity index (χ0v) is 9.30. The summed E-state index contributed by atoms with van der Waals surface area (Å²) in [4.78, 5) is 0. The van der Waals surface area contributed by atoms with Crippen LogP contribution < -0.4 is 0 Å². The maximum Gasteiger partial charge on any atom is 0.0710 e. The third kappa shape index (κ3) is 1.99. The fourth-order valence-corrected chi connectivity index (χ4v) is 1.79. The molecule has 0 radical (unpaired) electrons. The van der Waals surface area contributed by atoms with Gasteiger partial charge in [-0.2, -0.15) is 5.26 Å². The average molecular weight is 210 g/mol. The molecular weight excluding hydrogens is 196 g/mol. The highest BCUT2D eigenvalue weighted by atomic mass is 14.9. The third-order valence-electron chi connectivity index (χ3n) is 2.76. The van der Waals surface area contributed by atoms with Crippen LogP contribution in [-0.2, 0) is 0 Å². The molecule has 80 valence electrons. The van der Waals surface area contributed by atoms with Crippen molar-refractivity contribution < 1.29 is 0 Å². The van der Waals surface area contributed by atoms with Crippen LogP contribution in [0.2, 0.25) is 0 Å². The molecule has 1 atom stereocenters. The molecule has 1 unspecified atom stereocenters. The van der Waals surface area contributed by atoms with E-state index in [0.717, 1.165) is 17.7 Å². The van der Waals surface area contributed by atoms with Crippen LogP contribution in [-0.4, -0.2) is 4.57 Å². The van der Waals surface area contributed by atoms with Crippen LogP contribution >= 0.6 is 0 Å². The molecular formula is C14H14N2. The number of hydrogen-bond donors (Lipinski definition) is 0. The van der Waals surface area contributed by atoms with E-state index in [9.17, 15) is 0 Å². The molecule has 0 aliphatic rings. The SMILES string of the molecule is CCC(C#N)c1ccc(-n2cccc2)cc1. The van der Waals surface area contributed by atoms with Gasteiger partial charge in [-0.1, -0.05) is 19.1 Å². The summed E-state index contributed by atoms with van der Waals surface area (Å²) in [5, 5.41) is 8.98. The van der Waals surface area contributed by atoms with Gasteiger partial charge in [0.2, 0.25) is 0 Å². The predicted molar refractivity (Wildman–Crippen MR) is 64.4 cm³/mol. The lowest BCUT2D eigenvalue weighted by Gasteiger charge is -2.08. The van der Waals surface area contributed by atoms with Crippen molar-refractivity contribution in [2.45, 2.75) is 19.3 Å². The summed E-state index contributed by atoms with van der Waals surface area (Å²) in [6.07, 6.45) is 4.88. The summed E-state index contributed by atoms with van der Waals surface area (Å²) in [5.41, 5.74) is 2.22. The van der Waals surface area contributed by atoms with Crippen LogP contribution in [0.25, 0.3) is 5.69 Å². The largest absolute Gasteiger partial charge is 0.324 e. The highest BCUT2D eigenvalue weighted by Crippen LogP contribution is 2.20. The molecule has 0 spiro atoms. The third-order valence-corrected chi connectivity index (χ3v) is 2.76. The van der Waals surface area contributed by atoms with Crippen molar-refractivity contribution in [1.29, 1.82) is 5.26 Å². The molecule has 0 saturated carbocycles. The summed E-state index contributed by atoms with van der Waals surface area (Å²) in [7, 11) is 0. The Balaban J connectivity index is 2.27. The van der Waals surface area contributed by atoms with Crippen molar-refractivity contribution >= 4 is 0 Å². The standard InChI is InChI=1S/C14H14N2/c1-2-12(11-15)13-5-7-14(8-6-13)16-9-3-4-10-16/h3-10,12H,2H2,1H3. The van der Waals surface area contributed by atoms with E-state index < -0.39 is 0 Å². The minimum absolute atomic E-state index is 0.0127. The first kappa shape index (κ1) is 10.5. The minimum atomic E-state index is 0.0127. The second-order valence-electron chi connectivity index (χ2n) is 3.77. The molecule has 0 aliphatic heterocycles. The Morgan fingerprint density at radius 2 is 1.81 bits per heavy atom. The first-order valence-corrected chi connectivity index (χ1v) is 5.48. The maximum absolute atomic E-state index is 8.98. The average Bonchev–Trinajstić information content (AvgIpc) is 2.85. The second kappa shape index (κ2) is 4.67. The Bertz CT molecular complexity index is 474. The summed E-state index contributed by atoms with van der Waals surface area (Å²) < 4.78 is 2.05. The van der Waals surface area contributed by atoms with Gasteiger partial charge in [-0.05, 0) is 36.2 Å². The molecule has 0 fully saturated rings. The van der Waals surface area contributed by atoms with E-state index in [1.807, 2.05) is 43.6 Å². The van der Waals surface area contributed by atoms with Gasteiger partial charge in [0.05, 0.1) is 12.0 Å². The van der Waals surface area contributed by atoms with Gasteiger partial charge in [0.15, 0.2) is 0 Å². The second-order valence-corrected chi connectivity index (χ2v) is 3.77. The Morgan fingerprint density at radius 3 is 2.31 bits per heavy atom. The van der Waals surface area contributed by atoms with Crippen LogP contribution in [0.5, 0.6) is 0 Å². The molecule has 0 amide bonds. The van der Waals surface area contributed by atoms with Gasteiger partial charge in [0.25, 0.3) is 0 Å². The Kier molecular flexibility index (Phi) is 3.07. The molecule has 2 aromatic rings. The number of benzene rings is 1. The van der Waals surface area contributed by atoms with Crippen molar-refractivity contribution in [2.75, 3.05) is 0 Å². The summed E-state index contributed by atoms with van der Waals surface area (Å²) in [5.74, 6) is 0.0127. The van der Waals surface area contributed by atoms with Gasteiger partial charge in [-0.3, -0.25) is 0 Å². The predicted octanol–water partition coefficient (Wildman–Crippen LogP) is 3.49. The zero-order valence-electron chi connectivity index (χ0n) is 9.30. The highest BCUT2D eigenvalue weighted by Gasteiger charge is 2.07. The topological polar surface area (TPSA) is 28.7 Å². The van der Waals surface area contributed by atoms with Gasteiger partial charge in [-0.25, -0.2) is 0 Å². The Morgan fingerprint density at radius 1 is 1.19 bits per heavy atom. The first-order chi connectivity index (χ1) is 7.85. The van der Waals surface area contributed by atoms with Crippen LogP contribution in [0.1, 0.15) is 24.8 Å². The summed E-state index contributed by atoms with van der Waals surface area (Å²) in [6.45, 7) is 2.04. The molecule has 2 heteroatoms. The van der Waals surface area contributed by atoms with E-state index in [1.54, 1.807) is 0 Å². The molecule has 1 aromatic carbocycles. The molecule has 0 aliphatic carbocycles. The van der Waals surface area contributed by atoms with E-state index in [2.05, 4.69) is 22.8 Å². The van der Waals surface area contributed by atoms with Gasteiger partial charge in [0.1, 0.15) is 0 Å². The molecule has 0 bridgehead atoms. The number of rotatable bonds is 3.